The molecule has 0 saturated carbocycles. The zero-order valence-corrected chi connectivity index (χ0v) is 33.7. The predicted molar refractivity (Wildman–Crippen MR) is 204 cm³/mol. The number of hydrogen-bond donors (Lipinski definition) is 0. The highest BCUT2D eigenvalue weighted by molar-refractivity contribution is 4.64. The fourth-order valence-electron chi connectivity index (χ4n) is 7.14. The van der Waals surface area contributed by atoms with Crippen molar-refractivity contribution < 1.29 is 28.4 Å². The summed E-state index contributed by atoms with van der Waals surface area (Å²) in [4.78, 5) is 0. The molecule has 0 radical (unpaired) electrons. The second-order valence-electron chi connectivity index (χ2n) is 13.8. The van der Waals surface area contributed by atoms with Gasteiger partial charge in [-0.05, 0) is 60.3 Å². The number of unbranched alkanes of at least 4 members (excludes halogenated alkanes) is 18. The third kappa shape index (κ3) is 26.6. The molecule has 0 rings (SSSR count). The van der Waals surface area contributed by atoms with Crippen molar-refractivity contribution in [1.82, 2.24) is 0 Å². The molecule has 6 heteroatoms. The molecule has 0 amide bonds. The Bertz CT molecular complexity index is 551. The van der Waals surface area contributed by atoms with Crippen molar-refractivity contribution in [2.24, 2.45) is 5.92 Å². The van der Waals surface area contributed by atoms with E-state index < -0.39 is 11.9 Å². The maximum atomic E-state index is 5.89. The minimum atomic E-state index is -0.839. The lowest BCUT2D eigenvalue weighted by molar-refractivity contribution is -0.380. The van der Waals surface area contributed by atoms with Crippen molar-refractivity contribution in [1.29, 1.82) is 0 Å². The van der Waals surface area contributed by atoms with Crippen molar-refractivity contribution in [3.05, 3.63) is 0 Å². The number of rotatable bonds is 40. The minimum Gasteiger partial charge on any atom is -0.328 e. The molecule has 0 aromatic heterocycles. The van der Waals surface area contributed by atoms with Gasteiger partial charge >= 0.3 is 0 Å². The molecule has 48 heavy (non-hydrogen) atoms. The van der Waals surface area contributed by atoms with Crippen LogP contribution < -0.4 is 0 Å². The SMILES string of the molecule is CCCCCCCCCC(CCCCCCCCCC(OCC)(OCC)OCC)CCCCCCCCCC(OCC)(OCC)OCC. The van der Waals surface area contributed by atoms with Crippen LogP contribution in [0.1, 0.15) is 215 Å². The standard InChI is InChI=1S/C42H86O6/c1-8-15-16-17-20-25-30-35-40(36-31-26-21-18-23-28-33-38-41(43-9-2,44-10-3)45-11-4)37-32-27-22-19-24-29-34-39-42(46-12-5,47-13-6)48-14-7/h40H,8-39H2,1-7H3. The molecule has 0 spiro atoms. The lowest BCUT2D eigenvalue weighted by atomic mass is 9.89. The Morgan fingerprint density at radius 2 is 0.521 bits per heavy atom. The average Bonchev–Trinajstić information content (AvgIpc) is 3.06. The lowest BCUT2D eigenvalue weighted by Crippen LogP contribution is -2.39. The summed E-state index contributed by atoms with van der Waals surface area (Å²) in [6.07, 6.45) is 34.2. The molecule has 0 bridgehead atoms. The summed E-state index contributed by atoms with van der Waals surface area (Å²) in [5.41, 5.74) is 0. The molecule has 0 aliphatic rings. The van der Waals surface area contributed by atoms with Crippen LogP contribution in [0.25, 0.3) is 0 Å². The molecule has 0 unspecified atom stereocenters. The summed E-state index contributed by atoms with van der Waals surface area (Å²) in [7, 11) is 0. The Morgan fingerprint density at radius 1 is 0.292 bits per heavy atom. The van der Waals surface area contributed by atoms with Gasteiger partial charge in [0.05, 0.1) is 0 Å². The molecular weight excluding hydrogens is 600 g/mol. The quantitative estimate of drug-likeness (QED) is 0.0472. The van der Waals surface area contributed by atoms with E-state index in [0.29, 0.717) is 39.6 Å². The number of hydrogen-bond acceptors (Lipinski definition) is 6. The van der Waals surface area contributed by atoms with E-state index in [9.17, 15) is 0 Å². The van der Waals surface area contributed by atoms with Crippen molar-refractivity contribution in [2.75, 3.05) is 39.6 Å². The van der Waals surface area contributed by atoms with Crippen molar-refractivity contribution >= 4 is 0 Å². The van der Waals surface area contributed by atoms with Crippen molar-refractivity contribution in [3.8, 4) is 0 Å². The smallest absolute Gasteiger partial charge is 0.282 e. The predicted octanol–water partition coefficient (Wildman–Crippen LogP) is 13.3. The van der Waals surface area contributed by atoms with Gasteiger partial charge in [-0.1, -0.05) is 148 Å². The van der Waals surface area contributed by atoms with E-state index in [1.165, 1.54) is 141 Å². The van der Waals surface area contributed by atoms with E-state index in [1.807, 2.05) is 41.5 Å². The first kappa shape index (κ1) is 47.8. The zero-order chi connectivity index (χ0) is 35.4. The van der Waals surface area contributed by atoms with Gasteiger partial charge in [0, 0.05) is 52.5 Å². The van der Waals surface area contributed by atoms with Crippen LogP contribution in [0.3, 0.4) is 0 Å². The van der Waals surface area contributed by atoms with Crippen molar-refractivity contribution in [2.45, 2.75) is 227 Å². The first-order chi connectivity index (χ1) is 23.5. The highest BCUT2D eigenvalue weighted by Crippen LogP contribution is 2.27. The van der Waals surface area contributed by atoms with Crippen LogP contribution >= 0.6 is 0 Å². The molecule has 0 aliphatic heterocycles. The van der Waals surface area contributed by atoms with Gasteiger partial charge in [-0.3, -0.25) is 0 Å². The van der Waals surface area contributed by atoms with E-state index in [4.69, 9.17) is 28.4 Å². The van der Waals surface area contributed by atoms with Crippen LogP contribution in [-0.4, -0.2) is 51.6 Å². The van der Waals surface area contributed by atoms with Gasteiger partial charge in [-0.2, -0.15) is 0 Å². The molecule has 0 atom stereocenters. The molecular formula is C42H86O6. The second kappa shape index (κ2) is 35.2. The monoisotopic (exact) mass is 687 g/mol. The Balaban J connectivity index is 4.31. The van der Waals surface area contributed by atoms with Crippen LogP contribution in [0.5, 0.6) is 0 Å². The second-order valence-corrected chi connectivity index (χ2v) is 13.8. The molecule has 0 aromatic rings. The van der Waals surface area contributed by atoms with E-state index in [2.05, 4.69) is 6.92 Å². The van der Waals surface area contributed by atoms with E-state index >= 15 is 0 Å². The first-order valence-corrected chi connectivity index (χ1v) is 21.3. The summed E-state index contributed by atoms with van der Waals surface area (Å²) >= 11 is 0. The summed E-state index contributed by atoms with van der Waals surface area (Å²) < 4.78 is 35.3. The van der Waals surface area contributed by atoms with Gasteiger partial charge in [0.15, 0.2) is 0 Å². The van der Waals surface area contributed by atoms with E-state index in [1.54, 1.807) is 0 Å². The van der Waals surface area contributed by atoms with Crippen LogP contribution in [0.2, 0.25) is 0 Å². The van der Waals surface area contributed by atoms with Gasteiger partial charge in [0.25, 0.3) is 11.9 Å². The average molecular weight is 687 g/mol. The molecule has 0 fully saturated rings. The fraction of sp³-hybridized carbons (Fsp3) is 1.00. The van der Waals surface area contributed by atoms with E-state index in [0.717, 1.165) is 31.6 Å². The zero-order valence-electron chi connectivity index (χ0n) is 33.7. The Labute approximate surface area is 300 Å². The summed E-state index contributed by atoms with van der Waals surface area (Å²) in [5.74, 6) is -0.740. The molecule has 0 heterocycles. The molecule has 0 saturated heterocycles. The minimum absolute atomic E-state index is 0.613. The van der Waals surface area contributed by atoms with E-state index in [-0.39, 0.29) is 0 Å². The highest BCUT2D eigenvalue weighted by atomic mass is 16.9. The van der Waals surface area contributed by atoms with Gasteiger partial charge in [0.1, 0.15) is 0 Å². The third-order valence-corrected chi connectivity index (χ3v) is 9.59. The van der Waals surface area contributed by atoms with Crippen LogP contribution in [0, 0.1) is 5.92 Å². The molecule has 0 N–H and O–H groups in total. The maximum Gasteiger partial charge on any atom is 0.282 e. The summed E-state index contributed by atoms with van der Waals surface area (Å²) in [6, 6.07) is 0. The Hall–Kier alpha value is -0.240. The molecule has 0 aromatic carbocycles. The topological polar surface area (TPSA) is 55.4 Å². The highest BCUT2D eigenvalue weighted by Gasteiger charge is 2.32. The van der Waals surface area contributed by atoms with Gasteiger partial charge < -0.3 is 28.4 Å². The lowest BCUT2D eigenvalue weighted by Gasteiger charge is -2.32. The van der Waals surface area contributed by atoms with Crippen molar-refractivity contribution in [3.63, 3.8) is 0 Å². The Morgan fingerprint density at radius 3 is 0.771 bits per heavy atom. The maximum absolute atomic E-state index is 5.89. The van der Waals surface area contributed by atoms with Gasteiger partial charge in [0.2, 0.25) is 0 Å². The number of ether oxygens (including phenoxy) is 6. The third-order valence-electron chi connectivity index (χ3n) is 9.59. The summed E-state index contributed by atoms with van der Waals surface area (Å²) in [5, 5.41) is 0. The van der Waals surface area contributed by atoms with Gasteiger partial charge in [-0.15, -0.1) is 0 Å². The first-order valence-electron chi connectivity index (χ1n) is 21.3. The Kier molecular flexibility index (Phi) is 35.0. The van der Waals surface area contributed by atoms with Gasteiger partial charge in [-0.25, -0.2) is 0 Å². The van der Waals surface area contributed by atoms with Crippen LogP contribution in [0.4, 0.5) is 0 Å². The largest absolute Gasteiger partial charge is 0.328 e. The summed E-state index contributed by atoms with van der Waals surface area (Å²) in [6.45, 7) is 18.1. The molecule has 290 valence electrons. The molecule has 6 nitrogen and oxygen atoms in total. The molecule has 0 aliphatic carbocycles. The fourth-order valence-corrected chi connectivity index (χ4v) is 7.14. The normalized spacial score (nSPS) is 12.5. The van der Waals surface area contributed by atoms with Crippen LogP contribution in [0.15, 0.2) is 0 Å². The van der Waals surface area contributed by atoms with Crippen LogP contribution in [-0.2, 0) is 28.4 Å².